The van der Waals surface area contributed by atoms with E-state index in [0.29, 0.717) is 5.92 Å². The van der Waals surface area contributed by atoms with Gasteiger partial charge in [-0.05, 0) is 25.3 Å². The average molecular weight is 294 g/mol. The standard InChI is InChI=1S/C18H22N4/c1-12(2)10-19-17-9-14(4)21-18-16(11-20-22(17)18)15-7-5-13(3)6-8-15/h5-9,11-12,19H,10H2,1-4H3. The van der Waals surface area contributed by atoms with Crippen molar-refractivity contribution in [2.75, 3.05) is 11.9 Å². The second kappa shape index (κ2) is 5.79. The van der Waals surface area contributed by atoms with Gasteiger partial charge < -0.3 is 5.32 Å². The molecule has 0 spiro atoms. The van der Waals surface area contributed by atoms with Crippen LogP contribution in [-0.2, 0) is 0 Å². The molecule has 0 unspecified atom stereocenters. The van der Waals surface area contributed by atoms with E-state index in [-0.39, 0.29) is 0 Å². The van der Waals surface area contributed by atoms with Crippen LogP contribution in [0.5, 0.6) is 0 Å². The summed E-state index contributed by atoms with van der Waals surface area (Å²) in [4.78, 5) is 4.68. The van der Waals surface area contributed by atoms with E-state index in [1.54, 1.807) is 0 Å². The van der Waals surface area contributed by atoms with Crippen LogP contribution in [0.15, 0.2) is 36.5 Å². The fourth-order valence-corrected chi connectivity index (χ4v) is 2.46. The fourth-order valence-electron chi connectivity index (χ4n) is 2.46. The Morgan fingerprint density at radius 1 is 1.14 bits per heavy atom. The molecule has 1 aromatic carbocycles. The number of fused-ring (bicyclic) bond motifs is 1. The van der Waals surface area contributed by atoms with Crippen LogP contribution in [0.3, 0.4) is 0 Å². The number of rotatable bonds is 4. The molecule has 0 aliphatic heterocycles. The van der Waals surface area contributed by atoms with E-state index in [9.17, 15) is 0 Å². The van der Waals surface area contributed by atoms with Gasteiger partial charge in [-0.15, -0.1) is 0 Å². The first-order chi connectivity index (χ1) is 10.5. The first-order valence-electron chi connectivity index (χ1n) is 7.71. The van der Waals surface area contributed by atoms with E-state index < -0.39 is 0 Å². The zero-order chi connectivity index (χ0) is 15.7. The lowest BCUT2D eigenvalue weighted by molar-refractivity contribution is 0.683. The molecular weight excluding hydrogens is 272 g/mol. The quantitative estimate of drug-likeness (QED) is 0.788. The number of hydrogen-bond acceptors (Lipinski definition) is 3. The van der Waals surface area contributed by atoms with Gasteiger partial charge in [-0.3, -0.25) is 0 Å². The van der Waals surface area contributed by atoms with Crippen LogP contribution in [0, 0.1) is 19.8 Å². The van der Waals surface area contributed by atoms with Gasteiger partial charge in [0, 0.05) is 23.9 Å². The van der Waals surface area contributed by atoms with Gasteiger partial charge in [-0.25, -0.2) is 4.98 Å². The van der Waals surface area contributed by atoms with Gasteiger partial charge in [0.1, 0.15) is 5.82 Å². The summed E-state index contributed by atoms with van der Waals surface area (Å²) in [5.74, 6) is 1.57. The van der Waals surface area contributed by atoms with Gasteiger partial charge in [0.15, 0.2) is 5.65 Å². The second-order valence-corrected chi connectivity index (χ2v) is 6.22. The molecule has 114 valence electrons. The predicted octanol–water partition coefficient (Wildman–Crippen LogP) is 4.08. The highest BCUT2D eigenvalue weighted by Crippen LogP contribution is 2.26. The summed E-state index contributed by atoms with van der Waals surface area (Å²) < 4.78 is 1.89. The Kier molecular flexibility index (Phi) is 3.84. The molecule has 3 rings (SSSR count). The van der Waals surface area contributed by atoms with E-state index in [2.05, 4.69) is 60.4 Å². The molecule has 0 saturated heterocycles. The third-order valence-corrected chi connectivity index (χ3v) is 3.65. The van der Waals surface area contributed by atoms with E-state index in [1.165, 1.54) is 5.56 Å². The highest BCUT2D eigenvalue weighted by atomic mass is 15.3. The molecule has 0 aliphatic rings. The molecule has 1 N–H and O–H groups in total. The minimum atomic E-state index is 0.579. The summed E-state index contributed by atoms with van der Waals surface area (Å²) in [5.41, 5.74) is 5.36. The Morgan fingerprint density at radius 3 is 2.55 bits per heavy atom. The van der Waals surface area contributed by atoms with Gasteiger partial charge in [0.2, 0.25) is 0 Å². The largest absolute Gasteiger partial charge is 0.370 e. The maximum Gasteiger partial charge on any atom is 0.165 e. The van der Waals surface area contributed by atoms with Crippen LogP contribution in [-0.4, -0.2) is 21.1 Å². The van der Waals surface area contributed by atoms with E-state index in [1.807, 2.05) is 23.7 Å². The van der Waals surface area contributed by atoms with Crippen molar-refractivity contribution in [1.82, 2.24) is 14.6 Å². The average Bonchev–Trinajstić information content (AvgIpc) is 2.89. The van der Waals surface area contributed by atoms with Crippen LogP contribution in [0.25, 0.3) is 16.8 Å². The molecule has 4 nitrogen and oxygen atoms in total. The van der Waals surface area contributed by atoms with Gasteiger partial charge in [-0.2, -0.15) is 9.61 Å². The van der Waals surface area contributed by atoms with Crippen molar-refractivity contribution in [3.63, 3.8) is 0 Å². The molecule has 0 aliphatic carbocycles. The van der Waals surface area contributed by atoms with E-state index in [4.69, 9.17) is 0 Å². The number of benzene rings is 1. The third-order valence-electron chi connectivity index (χ3n) is 3.65. The molecule has 0 atom stereocenters. The lowest BCUT2D eigenvalue weighted by Crippen LogP contribution is -2.12. The first-order valence-corrected chi connectivity index (χ1v) is 7.71. The minimum absolute atomic E-state index is 0.579. The summed E-state index contributed by atoms with van der Waals surface area (Å²) in [7, 11) is 0. The Hall–Kier alpha value is -2.36. The number of aryl methyl sites for hydroxylation is 2. The molecule has 2 aromatic heterocycles. The minimum Gasteiger partial charge on any atom is -0.370 e. The Labute approximate surface area is 131 Å². The number of anilines is 1. The number of nitrogens with one attached hydrogen (secondary N) is 1. The van der Waals surface area contributed by atoms with Gasteiger partial charge in [0.25, 0.3) is 0 Å². The summed E-state index contributed by atoms with van der Waals surface area (Å²) in [6.07, 6.45) is 1.90. The lowest BCUT2D eigenvalue weighted by atomic mass is 10.1. The number of aromatic nitrogens is 3. The molecular formula is C18H22N4. The fraction of sp³-hybridized carbons (Fsp3) is 0.333. The normalized spacial score (nSPS) is 11.3. The molecule has 2 heterocycles. The Balaban J connectivity index is 2.08. The summed E-state index contributed by atoms with van der Waals surface area (Å²) in [6, 6.07) is 10.5. The molecule has 0 radical (unpaired) electrons. The molecule has 4 heteroatoms. The van der Waals surface area contributed by atoms with Crippen LogP contribution in [0.1, 0.15) is 25.1 Å². The zero-order valence-electron chi connectivity index (χ0n) is 13.6. The predicted molar refractivity (Wildman–Crippen MR) is 91.2 cm³/mol. The van der Waals surface area contributed by atoms with Crippen molar-refractivity contribution < 1.29 is 0 Å². The van der Waals surface area contributed by atoms with Crippen LogP contribution in [0.4, 0.5) is 5.82 Å². The summed E-state index contributed by atoms with van der Waals surface area (Å²) in [6.45, 7) is 9.42. The molecule has 22 heavy (non-hydrogen) atoms. The molecule has 3 aromatic rings. The zero-order valence-corrected chi connectivity index (χ0v) is 13.6. The monoisotopic (exact) mass is 294 g/mol. The maximum atomic E-state index is 4.68. The Morgan fingerprint density at radius 2 is 1.86 bits per heavy atom. The van der Waals surface area contributed by atoms with Crippen LogP contribution < -0.4 is 5.32 Å². The molecule has 0 fully saturated rings. The van der Waals surface area contributed by atoms with E-state index >= 15 is 0 Å². The van der Waals surface area contributed by atoms with E-state index in [0.717, 1.165) is 34.8 Å². The number of hydrogen-bond donors (Lipinski definition) is 1. The van der Waals surface area contributed by atoms with Crippen molar-refractivity contribution >= 4 is 11.5 Å². The van der Waals surface area contributed by atoms with Crippen molar-refractivity contribution in [1.29, 1.82) is 0 Å². The highest BCUT2D eigenvalue weighted by molar-refractivity contribution is 5.78. The van der Waals surface area contributed by atoms with Crippen LogP contribution >= 0.6 is 0 Å². The lowest BCUT2D eigenvalue weighted by Gasteiger charge is -2.11. The maximum absolute atomic E-state index is 4.68. The van der Waals surface area contributed by atoms with Crippen molar-refractivity contribution in [2.24, 2.45) is 5.92 Å². The molecule has 0 amide bonds. The topological polar surface area (TPSA) is 42.2 Å². The smallest absolute Gasteiger partial charge is 0.165 e. The van der Waals surface area contributed by atoms with Gasteiger partial charge in [0.05, 0.1) is 6.20 Å². The SMILES string of the molecule is Cc1ccc(-c2cnn3c(NCC(C)C)cc(C)nc23)cc1. The summed E-state index contributed by atoms with van der Waals surface area (Å²) >= 11 is 0. The first kappa shape index (κ1) is 14.6. The van der Waals surface area contributed by atoms with Crippen molar-refractivity contribution in [2.45, 2.75) is 27.7 Å². The number of nitrogens with zero attached hydrogens (tertiary/aromatic N) is 3. The second-order valence-electron chi connectivity index (χ2n) is 6.22. The Bertz CT molecular complexity index is 785. The summed E-state index contributed by atoms with van der Waals surface area (Å²) in [5, 5.41) is 7.99. The van der Waals surface area contributed by atoms with Crippen LogP contribution in [0.2, 0.25) is 0 Å². The molecule has 0 bridgehead atoms. The van der Waals surface area contributed by atoms with Gasteiger partial charge in [-0.1, -0.05) is 43.7 Å². The van der Waals surface area contributed by atoms with Crippen molar-refractivity contribution in [3.05, 3.63) is 47.8 Å². The van der Waals surface area contributed by atoms with Gasteiger partial charge >= 0.3 is 0 Å². The van der Waals surface area contributed by atoms with Crippen molar-refractivity contribution in [3.8, 4) is 11.1 Å². The molecule has 0 saturated carbocycles. The third kappa shape index (κ3) is 2.82. The highest BCUT2D eigenvalue weighted by Gasteiger charge is 2.12.